The molecule has 4 nitrogen and oxygen atoms in total. The highest BCUT2D eigenvalue weighted by Crippen LogP contribution is 2.37. The zero-order valence-corrected chi connectivity index (χ0v) is 19.7. The van der Waals surface area contributed by atoms with Gasteiger partial charge in [0.2, 0.25) is 8.32 Å². The molecule has 0 aliphatic rings. The summed E-state index contributed by atoms with van der Waals surface area (Å²) in [5.74, 6) is 0.845. The number of hydrazone groups is 1. The summed E-state index contributed by atoms with van der Waals surface area (Å²) >= 11 is 8.42. The number of thiocarbonyl (C=S) groups is 1. The third kappa shape index (κ3) is 5.89. The lowest BCUT2D eigenvalue weighted by Gasteiger charge is -2.36. The molecule has 0 saturated carbocycles. The maximum absolute atomic E-state index is 6.45. The topological polar surface area (TPSA) is 59.6 Å². The summed E-state index contributed by atoms with van der Waals surface area (Å²) in [6.45, 7) is 11.1. The summed E-state index contributed by atoms with van der Waals surface area (Å²) in [5.41, 5.74) is 10.9. The van der Waals surface area contributed by atoms with Gasteiger partial charge in [-0.05, 0) is 54.6 Å². The van der Waals surface area contributed by atoms with E-state index >= 15 is 0 Å². The predicted molar refractivity (Wildman–Crippen MR) is 124 cm³/mol. The quantitative estimate of drug-likeness (QED) is 0.269. The van der Waals surface area contributed by atoms with E-state index in [0.717, 1.165) is 27.1 Å². The Bertz CT molecular complexity index is 862. The van der Waals surface area contributed by atoms with Crippen molar-refractivity contribution in [2.75, 3.05) is 0 Å². The number of rotatable bonds is 5. The number of nitrogens with one attached hydrogen (secondary N) is 1. The van der Waals surface area contributed by atoms with Crippen molar-refractivity contribution in [1.29, 1.82) is 0 Å². The van der Waals surface area contributed by atoms with E-state index in [4.69, 9.17) is 22.4 Å². The van der Waals surface area contributed by atoms with Crippen LogP contribution < -0.4 is 15.6 Å². The summed E-state index contributed by atoms with van der Waals surface area (Å²) in [7, 11) is -1.93. The molecule has 0 unspecified atom stereocenters. The lowest BCUT2D eigenvalue weighted by atomic mass is 10.0. The van der Waals surface area contributed by atoms with Crippen molar-refractivity contribution in [1.82, 2.24) is 5.43 Å². The monoisotopic (exact) mass is 463 g/mol. The first kappa shape index (κ1) is 21.6. The number of benzene rings is 2. The summed E-state index contributed by atoms with van der Waals surface area (Å²) < 4.78 is 7.42. The first-order valence-electron chi connectivity index (χ1n) is 8.68. The van der Waals surface area contributed by atoms with Crippen molar-refractivity contribution < 1.29 is 4.43 Å². The Morgan fingerprint density at radius 1 is 1.11 bits per heavy atom. The predicted octanol–water partition coefficient (Wildman–Crippen LogP) is 5.42. The normalized spacial score (nSPS) is 12.6. The van der Waals surface area contributed by atoms with Crippen molar-refractivity contribution in [3.05, 3.63) is 64.1 Å². The van der Waals surface area contributed by atoms with Gasteiger partial charge in [-0.25, -0.2) is 0 Å². The molecule has 0 heterocycles. The van der Waals surface area contributed by atoms with E-state index in [0.29, 0.717) is 0 Å². The number of nitrogens with zero attached hydrogens (tertiary/aromatic N) is 1. The van der Waals surface area contributed by atoms with Gasteiger partial charge in [0.1, 0.15) is 5.75 Å². The molecule has 0 radical (unpaired) electrons. The molecule has 0 aliphatic heterocycles. The van der Waals surface area contributed by atoms with Crippen LogP contribution in [0.25, 0.3) is 0 Å². The van der Waals surface area contributed by atoms with Gasteiger partial charge in [0.25, 0.3) is 0 Å². The van der Waals surface area contributed by atoms with Crippen LogP contribution in [0.2, 0.25) is 18.1 Å². The third-order valence-corrected chi connectivity index (χ3v) is 9.61. The van der Waals surface area contributed by atoms with Gasteiger partial charge < -0.3 is 10.2 Å². The standard InChI is InChI=1S/C20H26BrN3OSSi/c1-20(2,3)27(4,5)25-17-11-7-9-15(13-17)18(23-24-19(22)26)14-8-6-10-16(21)12-14/h6-13H,1-5H3,(H3,22,24,26)/b23-18-. The fourth-order valence-corrected chi connectivity index (χ4v) is 3.66. The second kappa shape index (κ2) is 8.54. The smallest absolute Gasteiger partial charge is 0.250 e. The molecule has 0 spiro atoms. The van der Waals surface area contributed by atoms with E-state index in [-0.39, 0.29) is 10.2 Å². The summed E-state index contributed by atoms with van der Waals surface area (Å²) in [4.78, 5) is 0. The van der Waals surface area contributed by atoms with Gasteiger partial charge in [0.15, 0.2) is 5.11 Å². The Morgan fingerprint density at radius 2 is 1.70 bits per heavy atom. The zero-order valence-electron chi connectivity index (χ0n) is 16.3. The lowest BCUT2D eigenvalue weighted by molar-refractivity contribution is 0.492. The average Bonchev–Trinajstić information content (AvgIpc) is 2.54. The Hall–Kier alpha value is -1.70. The van der Waals surface area contributed by atoms with Crippen LogP contribution in [-0.4, -0.2) is 19.1 Å². The van der Waals surface area contributed by atoms with E-state index in [1.807, 2.05) is 48.5 Å². The molecule has 0 aliphatic carbocycles. The van der Waals surface area contributed by atoms with Gasteiger partial charge in [0.05, 0.1) is 5.71 Å². The molecule has 3 N–H and O–H groups in total. The highest BCUT2D eigenvalue weighted by Gasteiger charge is 2.39. The minimum atomic E-state index is -1.93. The van der Waals surface area contributed by atoms with E-state index < -0.39 is 8.32 Å². The molecule has 2 rings (SSSR count). The summed E-state index contributed by atoms with van der Waals surface area (Å²) in [6, 6.07) is 15.9. The Kier molecular flexibility index (Phi) is 6.83. The van der Waals surface area contributed by atoms with Gasteiger partial charge in [-0.15, -0.1) is 0 Å². The largest absolute Gasteiger partial charge is 0.543 e. The van der Waals surface area contributed by atoms with E-state index in [2.05, 4.69) is 60.3 Å². The maximum Gasteiger partial charge on any atom is 0.250 e. The molecular weight excluding hydrogens is 438 g/mol. The van der Waals surface area contributed by atoms with E-state index in [1.165, 1.54) is 0 Å². The Labute approximate surface area is 176 Å². The first-order chi connectivity index (χ1) is 12.5. The molecule has 2 aromatic rings. The van der Waals surface area contributed by atoms with Gasteiger partial charge >= 0.3 is 0 Å². The van der Waals surface area contributed by atoms with Crippen LogP contribution in [0, 0.1) is 0 Å². The van der Waals surface area contributed by atoms with Crippen LogP contribution in [0.3, 0.4) is 0 Å². The molecule has 0 saturated heterocycles. The van der Waals surface area contributed by atoms with Gasteiger partial charge in [-0.3, -0.25) is 5.43 Å². The minimum absolute atomic E-state index is 0.121. The SMILES string of the molecule is CC(C)(C)[Si](C)(C)Oc1cccc(/C(=N\NC(N)=S)c2cccc(Br)c2)c1. The molecule has 0 aromatic heterocycles. The fourth-order valence-electron chi connectivity index (χ4n) is 2.20. The summed E-state index contributed by atoms with van der Waals surface area (Å²) in [6.07, 6.45) is 0. The van der Waals surface area contributed by atoms with Crippen LogP contribution in [0.1, 0.15) is 31.9 Å². The van der Waals surface area contributed by atoms with Crippen molar-refractivity contribution in [2.24, 2.45) is 10.8 Å². The molecule has 0 bridgehead atoms. The maximum atomic E-state index is 6.45. The highest BCUT2D eigenvalue weighted by molar-refractivity contribution is 9.10. The molecule has 0 amide bonds. The van der Waals surface area contributed by atoms with E-state index in [9.17, 15) is 0 Å². The zero-order chi connectivity index (χ0) is 20.2. The number of nitrogens with two attached hydrogens (primary N) is 1. The van der Waals surface area contributed by atoms with Gasteiger partial charge in [-0.2, -0.15) is 5.10 Å². The summed E-state index contributed by atoms with van der Waals surface area (Å²) in [5, 5.41) is 4.67. The van der Waals surface area contributed by atoms with Crippen LogP contribution in [0.4, 0.5) is 0 Å². The second-order valence-corrected chi connectivity index (χ2v) is 13.9. The van der Waals surface area contributed by atoms with Crippen molar-refractivity contribution >= 4 is 47.3 Å². The van der Waals surface area contributed by atoms with Crippen molar-refractivity contribution in [3.63, 3.8) is 0 Å². The minimum Gasteiger partial charge on any atom is -0.543 e. The molecule has 7 heteroatoms. The van der Waals surface area contributed by atoms with Crippen LogP contribution in [0.15, 0.2) is 58.1 Å². The van der Waals surface area contributed by atoms with E-state index in [1.54, 1.807) is 0 Å². The molecular formula is C20H26BrN3OSSi. The lowest BCUT2D eigenvalue weighted by Crippen LogP contribution is -2.43. The molecule has 0 fully saturated rings. The molecule has 144 valence electrons. The van der Waals surface area contributed by atoms with Crippen molar-refractivity contribution in [2.45, 2.75) is 38.9 Å². The van der Waals surface area contributed by atoms with Crippen LogP contribution >= 0.6 is 28.1 Å². The van der Waals surface area contributed by atoms with Crippen LogP contribution in [-0.2, 0) is 0 Å². The Morgan fingerprint density at radius 3 is 2.26 bits per heavy atom. The van der Waals surface area contributed by atoms with Gasteiger partial charge in [0, 0.05) is 15.6 Å². The van der Waals surface area contributed by atoms with Crippen molar-refractivity contribution in [3.8, 4) is 5.75 Å². The number of halogens is 1. The number of hydrogen-bond donors (Lipinski definition) is 2. The molecule has 2 aromatic carbocycles. The van der Waals surface area contributed by atoms with Crippen LogP contribution in [0.5, 0.6) is 5.75 Å². The Balaban J connectivity index is 2.45. The third-order valence-electron chi connectivity index (χ3n) is 4.66. The molecule has 0 atom stereocenters. The fraction of sp³-hybridized carbons (Fsp3) is 0.300. The second-order valence-electron chi connectivity index (χ2n) is 7.84. The highest BCUT2D eigenvalue weighted by atomic mass is 79.9. The number of hydrogen-bond acceptors (Lipinski definition) is 3. The van der Waals surface area contributed by atoms with Gasteiger partial charge in [-0.1, -0.05) is 61.0 Å². The average molecular weight is 465 g/mol. The molecule has 27 heavy (non-hydrogen) atoms. The first-order valence-corrected chi connectivity index (χ1v) is 12.8.